The molecule has 0 spiro atoms. The van der Waals surface area contributed by atoms with Gasteiger partial charge in [0.15, 0.2) is 0 Å². The summed E-state index contributed by atoms with van der Waals surface area (Å²) in [5, 5.41) is 1.29. The maximum Gasteiger partial charge on any atom is 0.223 e. The zero-order valence-corrected chi connectivity index (χ0v) is 10.8. The molecule has 0 saturated carbocycles. The Morgan fingerprint density at radius 2 is 1.94 bits per heavy atom. The topological polar surface area (TPSA) is 67.6 Å². The Kier molecular flexibility index (Phi) is 4.12. The van der Waals surface area contributed by atoms with Gasteiger partial charge >= 0.3 is 0 Å². The van der Waals surface area contributed by atoms with Gasteiger partial charge < -0.3 is 10.7 Å². The highest BCUT2D eigenvalue weighted by Gasteiger charge is 2.13. The molecule has 0 aliphatic carbocycles. The molecule has 2 aromatic heterocycles. The quantitative estimate of drug-likeness (QED) is 0.752. The van der Waals surface area contributed by atoms with E-state index < -0.39 is 0 Å². The predicted molar refractivity (Wildman–Crippen MR) is 68.7 cm³/mol. The molecule has 16 heavy (non-hydrogen) atoms. The van der Waals surface area contributed by atoms with Crippen LogP contribution in [-0.2, 0) is 0 Å². The van der Waals surface area contributed by atoms with E-state index in [0.717, 1.165) is 10.9 Å². The van der Waals surface area contributed by atoms with Gasteiger partial charge in [-0.05, 0) is 11.5 Å². The van der Waals surface area contributed by atoms with Crippen molar-refractivity contribution in [1.29, 1.82) is 0 Å². The lowest BCUT2D eigenvalue weighted by Crippen LogP contribution is -1.96. The first-order valence-electron chi connectivity index (χ1n) is 5.39. The molecule has 0 bridgehead atoms. The minimum Gasteiger partial charge on any atom is -0.368 e. The number of aromatic amines is 1. The van der Waals surface area contributed by atoms with Crippen molar-refractivity contribution in [1.82, 2.24) is 15.0 Å². The average molecular weight is 241 g/mol. The molecule has 0 atom stereocenters. The molecule has 0 aromatic carbocycles. The van der Waals surface area contributed by atoms with Gasteiger partial charge in [-0.2, -0.15) is 4.98 Å². The van der Waals surface area contributed by atoms with E-state index in [1.54, 1.807) is 0 Å². The number of nitrogens with two attached hydrogens (primary N) is 1. The summed E-state index contributed by atoms with van der Waals surface area (Å²) in [5.74, 6) is 0.577. The molecule has 0 aliphatic rings. The van der Waals surface area contributed by atoms with Crippen molar-refractivity contribution in [2.45, 2.75) is 33.6 Å². The summed E-state index contributed by atoms with van der Waals surface area (Å²) in [5.41, 5.74) is 7.30. The third kappa shape index (κ3) is 2.27. The number of halogens is 1. The largest absolute Gasteiger partial charge is 0.368 e. The number of hydrogen-bond donors (Lipinski definition) is 2. The lowest BCUT2D eigenvalue weighted by Gasteiger charge is -2.03. The molecular weight excluding hydrogens is 224 g/mol. The van der Waals surface area contributed by atoms with Crippen molar-refractivity contribution in [2.24, 2.45) is 0 Å². The zero-order valence-electron chi connectivity index (χ0n) is 10.0. The molecule has 0 fully saturated rings. The number of fused-ring (bicyclic) bond motifs is 1. The fourth-order valence-corrected chi connectivity index (χ4v) is 1.77. The van der Waals surface area contributed by atoms with Crippen LogP contribution in [0.5, 0.6) is 0 Å². The summed E-state index contributed by atoms with van der Waals surface area (Å²) in [6.45, 7) is 8.19. The third-order valence-corrected chi connectivity index (χ3v) is 2.43. The first-order chi connectivity index (χ1) is 7.59. The Labute approximate surface area is 100 Å². The first-order valence-corrected chi connectivity index (χ1v) is 5.77. The maximum atomic E-state index is 6.00. The molecule has 0 saturated heterocycles. The second kappa shape index (κ2) is 5.16. The van der Waals surface area contributed by atoms with Gasteiger partial charge in [0.2, 0.25) is 5.95 Å². The zero-order chi connectivity index (χ0) is 12.3. The average Bonchev–Trinajstić information content (AvgIpc) is 2.64. The van der Waals surface area contributed by atoms with Crippen LogP contribution in [0.15, 0.2) is 6.20 Å². The second-order valence-corrected chi connectivity index (χ2v) is 3.85. The molecule has 3 N–H and O–H groups in total. The molecule has 0 aliphatic heterocycles. The number of nitrogens with one attached hydrogen (secondary N) is 1. The van der Waals surface area contributed by atoms with E-state index in [1.807, 2.05) is 20.0 Å². The fraction of sp³-hybridized carbons (Fsp3) is 0.455. The number of hydrogen-bond acceptors (Lipinski definition) is 3. The van der Waals surface area contributed by atoms with Crippen LogP contribution in [0.2, 0.25) is 5.15 Å². The molecular formula is C11H17ClN4. The Hall–Kier alpha value is -1.29. The maximum absolute atomic E-state index is 6.00. The van der Waals surface area contributed by atoms with E-state index in [0.29, 0.717) is 16.7 Å². The highest BCUT2D eigenvalue weighted by atomic mass is 35.5. The summed E-state index contributed by atoms with van der Waals surface area (Å²) >= 11 is 6.00. The number of aromatic nitrogens is 3. The second-order valence-electron chi connectivity index (χ2n) is 3.49. The van der Waals surface area contributed by atoms with Crippen LogP contribution in [0.25, 0.3) is 11.0 Å². The van der Waals surface area contributed by atoms with Crippen LogP contribution in [0.3, 0.4) is 0 Å². The van der Waals surface area contributed by atoms with Gasteiger partial charge in [0.25, 0.3) is 0 Å². The van der Waals surface area contributed by atoms with E-state index in [2.05, 4.69) is 28.8 Å². The Balaban J connectivity index is 0.000000606. The van der Waals surface area contributed by atoms with E-state index >= 15 is 0 Å². The number of rotatable bonds is 1. The molecule has 0 amide bonds. The Bertz CT molecular complexity index is 476. The van der Waals surface area contributed by atoms with Crippen LogP contribution in [0.4, 0.5) is 5.95 Å². The van der Waals surface area contributed by atoms with Gasteiger partial charge in [-0.3, -0.25) is 0 Å². The van der Waals surface area contributed by atoms with Gasteiger partial charge in [-0.15, -0.1) is 0 Å². The fourth-order valence-electron chi connectivity index (χ4n) is 1.48. The lowest BCUT2D eigenvalue weighted by molar-refractivity contribution is 0.875. The van der Waals surface area contributed by atoms with Crippen molar-refractivity contribution in [3.8, 4) is 0 Å². The number of anilines is 1. The summed E-state index contributed by atoms with van der Waals surface area (Å²) in [6.07, 6.45) is 1.90. The number of H-pyrrole nitrogens is 1. The van der Waals surface area contributed by atoms with E-state index in [-0.39, 0.29) is 5.95 Å². The van der Waals surface area contributed by atoms with Gasteiger partial charge in [-0.1, -0.05) is 39.3 Å². The monoisotopic (exact) mass is 240 g/mol. The Morgan fingerprint density at radius 3 is 2.50 bits per heavy atom. The van der Waals surface area contributed by atoms with Gasteiger partial charge in [0.05, 0.1) is 5.39 Å². The summed E-state index contributed by atoms with van der Waals surface area (Å²) < 4.78 is 0. The number of nitrogens with zero attached hydrogens (tertiary/aromatic N) is 2. The van der Waals surface area contributed by atoms with Gasteiger partial charge in [0, 0.05) is 6.20 Å². The van der Waals surface area contributed by atoms with Crippen molar-refractivity contribution < 1.29 is 0 Å². The SMILES string of the molecule is CC.CC(C)c1c[nH]c2nc(N)nc(Cl)c12. The molecule has 0 radical (unpaired) electrons. The van der Waals surface area contributed by atoms with Crippen LogP contribution in [-0.4, -0.2) is 15.0 Å². The number of nitrogen functional groups attached to an aromatic ring is 1. The van der Waals surface area contributed by atoms with Crippen molar-refractivity contribution in [2.75, 3.05) is 5.73 Å². The normalized spacial score (nSPS) is 10.4. The van der Waals surface area contributed by atoms with Crippen molar-refractivity contribution in [3.63, 3.8) is 0 Å². The van der Waals surface area contributed by atoms with E-state index in [4.69, 9.17) is 17.3 Å². The van der Waals surface area contributed by atoms with Gasteiger partial charge in [0.1, 0.15) is 10.8 Å². The van der Waals surface area contributed by atoms with Crippen molar-refractivity contribution in [3.05, 3.63) is 16.9 Å². The molecule has 0 unspecified atom stereocenters. The third-order valence-electron chi connectivity index (χ3n) is 2.16. The molecule has 2 aromatic rings. The molecule has 2 heterocycles. The summed E-state index contributed by atoms with van der Waals surface area (Å²) in [6, 6.07) is 0. The standard InChI is InChI=1S/C9H11ClN4.C2H6/c1-4(2)5-3-12-8-6(5)7(10)13-9(11)14-8;1-2/h3-4H,1-2H3,(H3,11,12,13,14);1-2H3. The lowest BCUT2D eigenvalue weighted by atomic mass is 10.1. The first kappa shape index (κ1) is 12.8. The molecule has 5 heteroatoms. The minimum atomic E-state index is 0.194. The van der Waals surface area contributed by atoms with Crippen LogP contribution in [0.1, 0.15) is 39.2 Å². The van der Waals surface area contributed by atoms with Crippen molar-refractivity contribution >= 4 is 28.6 Å². The minimum absolute atomic E-state index is 0.194. The highest BCUT2D eigenvalue weighted by Crippen LogP contribution is 2.29. The Morgan fingerprint density at radius 1 is 1.31 bits per heavy atom. The predicted octanol–water partition coefficient (Wildman–Crippen LogP) is 3.34. The summed E-state index contributed by atoms with van der Waals surface area (Å²) in [4.78, 5) is 11.0. The highest BCUT2D eigenvalue weighted by molar-refractivity contribution is 6.34. The van der Waals surface area contributed by atoms with Crippen LogP contribution < -0.4 is 5.73 Å². The molecule has 2 rings (SSSR count). The van der Waals surface area contributed by atoms with Crippen LogP contribution in [0, 0.1) is 0 Å². The smallest absolute Gasteiger partial charge is 0.223 e. The van der Waals surface area contributed by atoms with E-state index in [1.165, 1.54) is 0 Å². The van der Waals surface area contributed by atoms with Gasteiger partial charge in [-0.25, -0.2) is 4.98 Å². The van der Waals surface area contributed by atoms with E-state index in [9.17, 15) is 0 Å². The van der Waals surface area contributed by atoms with Crippen LogP contribution >= 0.6 is 11.6 Å². The molecule has 88 valence electrons. The summed E-state index contributed by atoms with van der Waals surface area (Å²) in [7, 11) is 0. The molecule has 4 nitrogen and oxygen atoms in total.